The average molecular weight is 318 g/mol. The summed E-state index contributed by atoms with van der Waals surface area (Å²) in [6.07, 6.45) is 7.01. The molecule has 0 aliphatic heterocycles. The predicted octanol–water partition coefficient (Wildman–Crippen LogP) is 2.77. The molecule has 5 heteroatoms. The van der Waals surface area contributed by atoms with Crippen LogP contribution in [0, 0.1) is 0 Å². The number of carbonyl (C=O) groups is 1. The van der Waals surface area contributed by atoms with Crippen LogP contribution < -0.4 is 5.32 Å². The van der Waals surface area contributed by atoms with E-state index in [4.69, 9.17) is 11.6 Å². The molecule has 1 aromatic heterocycles. The van der Waals surface area contributed by atoms with E-state index in [1.54, 1.807) is 6.07 Å². The maximum atomic E-state index is 12.0. The fourth-order valence-corrected chi connectivity index (χ4v) is 3.13. The lowest BCUT2D eigenvalue weighted by atomic mass is 9.98. The Morgan fingerprint density at radius 3 is 2.95 bits per heavy atom. The largest absolute Gasteiger partial charge is 0.354 e. The Balaban J connectivity index is 1.50. The second kappa shape index (κ2) is 6.97. The number of fused-ring (bicyclic) bond motifs is 1. The first-order chi connectivity index (χ1) is 10.7. The van der Waals surface area contributed by atoms with Gasteiger partial charge in [-0.3, -0.25) is 9.48 Å². The van der Waals surface area contributed by atoms with Crippen LogP contribution in [0.4, 0.5) is 0 Å². The highest BCUT2D eigenvalue weighted by Crippen LogP contribution is 2.20. The summed E-state index contributed by atoms with van der Waals surface area (Å²) in [5.41, 5.74) is 3.57. The molecule has 0 saturated heterocycles. The van der Waals surface area contributed by atoms with Crippen molar-refractivity contribution in [3.05, 3.63) is 52.3 Å². The summed E-state index contributed by atoms with van der Waals surface area (Å²) in [6, 6.07) is 7.45. The molecule has 1 aromatic carbocycles. The number of hydrogen-bond acceptors (Lipinski definition) is 2. The third-order valence-corrected chi connectivity index (χ3v) is 4.47. The zero-order valence-electron chi connectivity index (χ0n) is 12.5. The number of benzene rings is 1. The molecule has 3 rings (SSSR count). The van der Waals surface area contributed by atoms with Crippen LogP contribution >= 0.6 is 11.6 Å². The van der Waals surface area contributed by atoms with Gasteiger partial charge in [0.05, 0.1) is 19.2 Å². The molecule has 0 fully saturated rings. The van der Waals surface area contributed by atoms with E-state index in [1.807, 2.05) is 29.1 Å². The van der Waals surface area contributed by atoms with Crippen LogP contribution in [0.25, 0.3) is 0 Å². The van der Waals surface area contributed by atoms with Crippen molar-refractivity contribution in [1.82, 2.24) is 15.1 Å². The number of carbonyl (C=O) groups excluding carboxylic acids is 1. The summed E-state index contributed by atoms with van der Waals surface area (Å²) in [4.78, 5) is 12.0. The summed E-state index contributed by atoms with van der Waals surface area (Å²) in [5, 5.41) is 8.02. The van der Waals surface area contributed by atoms with Crippen molar-refractivity contribution in [3.8, 4) is 0 Å². The fraction of sp³-hybridized carbons (Fsp3) is 0.412. The average Bonchev–Trinajstić information content (AvgIpc) is 2.93. The molecule has 2 aromatic rings. The Morgan fingerprint density at radius 2 is 2.09 bits per heavy atom. The second-order valence-electron chi connectivity index (χ2n) is 5.66. The number of nitrogens with one attached hydrogen (secondary N) is 1. The summed E-state index contributed by atoms with van der Waals surface area (Å²) in [5.74, 6) is -0.00544. The monoisotopic (exact) mass is 317 g/mol. The van der Waals surface area contributed by atoms with Crippen molar-refractivity contribution >= 4 is 17.5 Å². The number of aryl methyl sites for hydroxylation is 1. The van der Waals surface area contributed by atoms with Crippen LogP contribution in [0.1, 0.15) is 29.7 Å². The van der Waals surface area contributed by atoms with E-state index >= 15 is 0 Å². The quantitative estimate of drug-likeness (QED) is 0.921. The van der Waals surface area contributed by atoms with Gasteiger partial charge in [-0.25, -0.2) is 0 Å². The Bertz CT molecular complexity index is 666. The van der Waals surface area contributed by atoms with Gasteiger partial charge in [-0.1, -0.05) is 29.8 Å². The van der Waals surface area contributed by atoms with Crippen LogP contribution in [-0.2, 0) is 30.6 Å². The summed E-state index contributed by atoms with van der Waals surface area (Å²) in [7, 11) is 0. The SMILES string of the molecule is O=C(Cc1ccccc1Cl)NCCn1ncc2c1CCCC2. The maximum Gasteiger partial charge on any atom is 0.224 e. The molecule has 22 heavy (non-hydrogen) atoms. The molecule has 0 bridgehead atoms. The molecule has 0 saturated carbocycles. The molecule has 0 spiro atoms. The van der Waals surface area contributed by atoms with E-state index in [0.29, 0.717) is 18.0 Å². The molecule has 0 unspecified atom stereocenters. The van der Waals surface area contributed by atoms with Crippen molar-refractivity contribution in [2.75, 3.05) is 6.54 Å². The van der Waals surface area contributed by atoms with Crippen LogP contribution in [-0.4, -0.2) is 22.2 Å². The first-order valence-electron chi connectivity index (χ1n) is 7.77. The van der Waals surface area contributed by atoms with Gasteiger partial charge in [0.1, 0.15) is 0 Å². The van der Waals surface area contributed by atoms with Gasteiger partial charge in [-0.05, 0) is 42.9 Å². The minimum absolute atomic E-state index is 0.00544. The van der Waals surface area contributed by atoms with Crippen LogP contribution in [0.2, 0.25) is 5.02 Å². The van der Waals surface area contributed by atoms with Crippen molar-refractivity contribution in [2.24, 2.45) is 0 Å². The van der Waals surface area contributed by atoms with Gasteiger partial charge in [-0.15, -0.1) is 0 Å². The molecule has 0 atom stereocenters. The highest BCUT2D eigenvalue weighted by molar-refractivity contribution is 6.31. The number of rotatable bonds is 5. The molecule has 1 aliphatic rings. The topological polar surface area (TPSA) is 46.9 Å². The number of aromatic nitrogens is 2. The van der Waals surface area contributed by atoms with Gasteiger partial charge >= 0.3 is 0 Å². The van der Waals surface area contributed by atoms with Crippen molar-refractivity contribution in [2.45, 2.75) is 38.6 Å². The minimum atomic E-state index is -0.00544. The van der Waals surface area contributed by atoms with Crippen molar-refractivity contribution in [1.29, 1.82) is 0 Å². The molecule has 1 amide bonds. The van der Waals surface area contributed by atoms with Crippen molar-refractivity contribution in [3.63, 3.8) is 0 Å². The summed E-state index contributed by atoms with van der Waals surface area (Å²) in [6.45, 7) is 1.32. The van der Waals surface area contributed by atoms with Gasteiger partial charge in [0.2, 0.25) is 5.91 Å². The normalized spacial score (nSPS) is 13.7. The summed E-state index contributed by atoms with van der Waals surface area (Å²) >= 11 is 6.07. The summed E-state index contributed by atoms with van der Waals surface area (Å²) < 4.78 is 2.03. The molecule has 1 aliphatic carbocycles. The van der Waals surface area contributed by atoms with E-state index in [-0.39, 0.29) is 5.91 Å². The van der Waals surface area contributed by atoms with E-state index in [1.165, 1.54) is 24.1 Å². The van der Waals surface area contributed by atoms with E-state index in [9.17, 15) is 4.79 Å². The zero-order chi connectivity index (χ0) is 15.4. The predicted molar refractivity (Wildman–Crippen MR) is 87.0 cm³/mol. The first-order valence-corrected chi connectivity index (χ1v) is 8.15. The van der Waals surface area contributed by atoms with Crippen molar-refractivity contribution < 1.29 is 4.79 Å². The Labute approximate surface area is 135 Å². The van der Waals surface area contributed by atoms with E-state index < -0.39 is 0 Å². The van der Waals surface area contributed by atoms with Gasteiger partial charge in [0.15, 0.2) is 0 Å². The second-order valence-corrected chi connectivity index (χ2v) is 6.07. The Morgan fingerprint density at radius 1 is 1.27 bits per heavy atom. The third kappa shape index (κ3) is 3.50. The first kappa shape index (κ1) is 15.1. The molecular weight excluding hydrogens is 298 g/mol. The van der Waals surface area contributed by atoms with Crippen LogP contribution in [0.5, 0.6) is 0 Å². The van der Waals surface area contributed by atoms with Gasteiger partial charge in [0.25, 0.3) is 0 Å². The maximum absolute atomic E-state index is 12.0. The highest BCUT2D eigenvalue weighted by Gasteiger charge is 2.14. The lowest BCUT2D eigenvalue weighted by Gasteiger charge is -2.14. The standard InChI is InChI=1S/C17H20ClN3O/c18-15-7-3-1-5-13(15)11-17(22)19-9-10-21-16-8-4-2-6-14(16)12-20-21/h1,3,5,7,12H,2,4,6,8-11H2,(H,19,22). The number of hydrogen-bond donors (Lipinski definition) is 1. The van der Waals surface area contributed by atoms with Gasteiger partial charge < -0.3 is 5.32 Å². The molecular formula is C17H20ClN3O. The van der Waals surface area contributed by atoms with E-state index in [2.05, 4.69) is 10.4 Å². The Kier molecular flexibility index (Phi) is 4.78. The zero-order valence-corrected chi connectivity index (χ0v) is 13.3. The Hall–Kier alpha value is -1.81. The molecule has 1 heterocycles. The lowest BCUT2D eigenvalue weighted by molar-refractivity contribution is -0.120. The lowest BCUT2D eigenvalue weighted by Crippen LogP contribution is -2.29. The molecule has 116 valence electrons. The van der Waals surface area contributed by atoms with Crippen LogP contribution in [0.3, 0.4) is 0 Å². The smallest absolute Gasteiger partial charge is 0.224 e. The number of halogens is 1. The van der Waals surface area contributed by atoms with Crippen LogP contribution in [0.15, 0.2) is 30.5 Å². The highest BCUT2D eigenvalue weighted by atomic mass is 35.5. The molecule has 4 nitrogen and oxygen atoms in total. The molecule has 0 radical (unpaired) electrons. The molecule has 1 N–H and O–H groups in total. The van der Waals surface area contributed by atoms with E-state index in [0.717, 1.165) is 24.9 Å². The number of amides is 1. The van der Waals surface area contributed by atoms with Gasteiger partial charge in [-0.2, -0.15) is 5.10 Å². The third-order valence-electron chi connectivity index (χ3n) is 4.10. The number of nitrogens with zero attached hydrogens (tertiary/aromatic N) is 2. The fourth-order valence-electron chi connectivity index (χ4n) is 2.93. The van der Waals surface area contributed by atoms with Gasteiger partial charge in [0, 0.05) is 17.3 Å². The minimum Gasteiger partial charge on any atom is -0.354 e.